The molecule has 9 nitrogen and oxygen atoms in total. The summed E-state index contributed by atoms with van der Waals surface area (Å²) < 4.78 is 16.3. The molecule has 0 aliphatic carbocycles. The molecule has 3 N–H and O–H groups in total. The van der Waals surface area contributed by atoms with Gasteiger partial charge in [0.05, 0.1) is 39.6 Å². The molecule has 0 radical (unpaired) electrons. The van der Waals surface area contributed by atoms with E-state index in [-0.39, 0.29) is 0 Å². The van der Waals surface area contributed by atoms with E-state index in [1.54, 1.807) is 0 Å². The van der Waals surface area contributed by atoms with Crippen molar-refractivity contribution in [2.45, 2.75) is 6.92 Å². The van der Waals surface area contributed by atoms with Crippen molar-refractivity contribution in [1.82, 2.24) is 15.0 Å². The van der Waals surface area contributed by atoms with E-state index in [4.69, 9.17) is 24.9 Å². The van der Waals surface area contributed by atoms with Crippen molar-refractivity contribution in [3.05, 3.63) is 29.8 Å². The largest absolute Gasteiger partial charge is 0.378 e. The van der Waals surface area contributed by atoms with Gasteiger partial charge in [0.2, 0.25) is 11.9 Å². The van der Waals surface area contributed by atoms with E-state index in [9.17, 15) is 0 Å². The average Bonchev–Trinajstić information content (AvgIpc) is 2.76. The lowest BCUT2D eigenvalue weighted by molar-refractivity contribution is 0.0547. The molecule has 1 aliphatic heterocycles. The molecule has 158 valence electrons. The SMILES string of the molecule is Cc1ccc(-c2nc(NCCOCCOCCN)nc(N3CCOCC3)n2)cc1. The number of hydrogen-bond donors (Lipinski definition) is 2. The number of nitrogens with zero attached hydrogens (tertiary/aromatic N) is 4. The molecule has 0 bridgehead atoms. The summed E-state index contributed by atoms with van der Waals surface area (Å²) in [7, 11) is 0. The zero-order chi connectivity index (χ0) is 20.3. The number of hydrogen-bond acceptors (Lipinski definition) is 9. The van der Waals surface area contributed by atoms with Crippen molar-refractivity contribution in [3.63, 3.8) is 0 Å². The summed E-state index contributed by atoms with van der Waals surface area (Å²) in [6.07, 6.45) is 0. The number of morpholine rings is 1. The van der Waals surface area contributed by atoms with Gasteiger partial charge in [0, 0.05) is 31.7 Å². The van der Waals surface area contributed by atoms with Gasteiger partial charge >= 0.3 is 0 Å². The maximum Gasteiger partial charge on any atom is 0.230 e. The highest BCUT2D eigenvalue weighted by molar-refractivity contribution is 5.58. The summed E-state index contributed by atoms with van der Waals surface area (Å²) in [4.78, 5) is 16.0. The molecule has 0 saturated carbocycles. The molecule has 2 aromatic rings. The number of nitrogens with one attached hydrogen (secondary N) is 1. The summed E-state index contributed by atoms with van der Waals surface area (Å²) in [6, 6.07) is 8.17. The Morgan fingerprint density at radius 2 is 1.72 bits per heavy atom. The Labute approximate surface area is 171 Å². The van der Waals surface area contributed by atoms with E-state index in [2.05, 4.69) is 39.2 Å². The number of ether oxygens (including phenoxy) is 3. The van der Waals surface area contributed by atoms with E-state index in [0.29, 0.717) is 70.5 Å². The second kappa shape index (κ2) is 11.6. The normalized spacial score (nSPS) is 14.2. The number of aryl methyl sites for hydroxylation is 1. The van der Waals surface area contributed by atoms with Gasteiger partial charge in [-0.3, -0.25) is 0 Å². The van der Waals surface area contributed by atoms with Gasteiger partial charge in [-0.2, -0.15) is 15.0 Å². The number of aromatic nitrogens is 3. The molecular formula is C20H30N6O3. The van der Waals surface area contributed by atoms with E-state index >= 15 is 0 Å². The zero-order valence-corrected chi connectivity index (χ0v) is 17.0. The molecule has 1 aromatic heterocycles. The third kappa shape index (κ3) is 6.90. The van der Waals surface area contributed by atoms with Gasteiger partial charge in [-0.15, -0.1) is 0 Å². The van der Waals surface area contributed by atoms with Crippen molar-refractivity contribution >= 4 is 11.9 Å². The first-order chi connectivity index (χ1) is 14.3. The molecule has 29 heavy (non-hydrogen) atoms. The lowest BCUT2D eigenvalue weighted by atomic mass is 10.1. The van der Waals surface area contributed by atoms with Gasteiger partial charge in [-0.1, -0.05) is 29.8 Å². The second-order valence-corrected chi connectivity index (χ2v) is 6.69. The number of nitrogens with two attached hydrogens (primary N) is 1. The maximum atomic E-state index is 5.55. The topological polar surface area (TPSA) is 108 Å². The van der Waals surface area contributed by atoms with Crippen molar-refractivity contribution in [3.8, 4) is 11.4 Å². The molecule has 0 unspecified atom stereocenters. The highest BCUT2D eigenvalue weighted by atomic mass is 16.5. The predicted molar refractivity (Wildman–Crippen MR) is 112 cm³/mol. The molecule has 0 spiro atoms. The smallest absolute Gasteiger partial charge is 0.230 e. The third-order valence-corrected chi connectivity index (χ3v) is 4.39. The van der Waals surface area contributed by atoms with Gasteiger partial charge in [-0.25, -0.2) is 0 Å². The molecule has 0 atom stereocenters. The van der Waals surface area contributed by atoms with Crippen LogP contribution in [0.2, 0.25) is 0 Å². The van der Waals surface area contributed by atoms with Crippen LogP contribution in [0.1, 0.15) is 5.56 Å². The number of rotatable bonds is 11. The molecule has 3 rings (SSSR count). The van der Waals surface area contributed by atoms with Crippen molar-refractivity contribution < 1.29 is 14.2 Å². The fraction of sp³-hybridized carbons (Fsp3) is 0.550. The van der Waals surface area contributed by atoms with E-state index < -0.39 is 0 Å². The van der Waals surface area contributed by atoms with Crippen LogP contribution in [-0.4, -0.2) is 80.8 Å². The van der Waals surface area contributed by atoms with Gasteiger partial charge in [0.15, 0.2) is 5.82 Å². The minimum atomic E-state index is 0.524. The van der Waals surface area contributed by atoms with Crippen LogP contribution in [0.4, 0.5) is 11.9 Å². The van der Waals surface area contributed by atoms with Gasteiger partial charge in [0.25, 0.3) is 0 Å². The highest BCUT2D eigenvalue weighted by Gasteiger charge is 2.17. The van der Waals surface area contributed by atoms with Crippen LogP contribution < -0.4 is 16.0 Å². The van der Waals surface area contributed by atoms with Gasteiger partial charge < -0.3 is 30.2 Å². The Hall–Kier alpha value is -2.33. The van der Waals surface area contributed by atoms with E-state index in [1.807, 2.05) is 12.1 Å². The predicted octanol–water partition coefficient (Wildman–Crippen LogP) is 1.09. The van der Waals surface area contributed by atoms with Crippen molar-refractivity contribution in [2.24, 2.45) is 5.73 Å². The first-order valence-electron chi connectivity index (χ1n) is 10.0. The number of anilines is 2. The molecule has 9 heteroatoms. The van der Waals surface area contributed by atoms with Crippen molar-refractivity contribution in [2.75, 3.05) is 76.0 Å². The van der Waals surface area contributed by atoms with Crippen molar-refractivity contribution in [1.29, 1.82) is 0 Å². The van der Waals surface area contributed by atoms with Crippen LogP contribution in [0.3, 0.4) is 0 Å². The fourth-order valence-electron chi connectivity index (χ4n) is 2.82. The molecule has 1 saturated heterocycles. The van der Waals surface area contributed by atoms with Crippen LogP contribution in [0.15, 0.2) is 24.3 Å². The lowest BCUT2D eigenvalue weighted by Gasteiger charge is -2.27. The molecular weight excluding hydrogens is 372 g/mol. The molecule has 1 aromatic carbocycles. The fourth-order valence-corrected chi connectivity index (χ4v) is 2.82. The third-order valence-electron chi connectivity index (χ3n) is 4.39. The molecule has 1 fully saturated rings. The molecule has 0 amide bonds. The van der Waals surface area contributed by atoms with E-state index in [1.165, 1.54) is 5.56 Å². The standard InChI is InChI=1S/C20H30N6O3/c1-16-2-4-17(5-3-16)18-23-19(22-7-11-28-15-14-27-10-6-21)25-20(24-18)26-8-12-29-13-9-26/h2-5H,6-15,21H2,1H3,(H,22,23,24,25). The summed E-state index contributed by atoms with van der Waals surface area (Å²) in [5.74, 6) is 1.86. The zero-order valence-electron chi connectivity index (χ0n) is 17.0. The quantitative estimate of drug-likeness (QED) is 0.534. The van der Waals surface area contributed by atoms with Crippen LogP contribution in [0.25, 0.3) is 11.4 Å². The Bertz CT molecular complexity index is 737. The van der Waals surface area contributed by atoms with Crippen LogP contribution in [-0.2, 0) is 14.2 Å². The second-order valence-electron chi connectivity index (χ2n) is 6.69. The summed E-state index contributed by atoms with van der Waals surface area (Å²) >= 11 is 0. The number of benzene rings is 1. The van der Waals surface area contributed by atoms with Crippen LogP contribution in [0.5, 0.6) is 0 Å². The average molecular weight is 402 g/mol. The Morgan fingerprint density at radius 3 is 2.45 bits per heavy atom. The highest BCUT2D eigenvalue weighted by Crippen LogP contribution is 2.20. The molecule has 2 heterocycles. The summed E-state index contributed by atoms with van der Waals surface area (Å²) in [5.41, 5.74) is 7.54. The lowest BCUT2D eigenvalue weighted by Crippen LogP contribution is -2.37. The summed E-state index contributed by atoms with van der Waals surface area (Å²) in [5, 5.41) is 3.24. The maximum absolute atomic E-state index is 5.55. The van der Waals surface area contributed by atoms with Crippen LogP contribution >= 0.6 is 0 Å². The first-order valence-corrected chi connectivity index (χ1v) is 10.0. The minimum Gasteiger partial charge on any atom is -0.378 e. The van der Waals surface area contributed by atoms with Gasteiger partial charge in [-0.05, 0) is 6.92 Å². The Balaban J connectivity index is 1.63. The van der Waals surface area contributed by atoms with E-state index in [0.717, 1.165) is 18.7 Å². The molecule has 1 aliphatic rings. The Morgan fingerprint density at radius 1 is 1.00 bits per heavy atom. The first kappa shape index (κ1) is 21.4. The Kier molecular flexibility index (Phi) is 8.57. The van der Waals surface area contributed by atoms with Gasteiger partial charge in [0.1, 0.15) is 0 Å². The van der Waals surface area contributed by atoms with Crippen LogP contribution in [0, 0.1) is 6.92 Å². The summed E-state index contributed by atoms with van der Waals surface area (Å²) in [6.45, 7) is 8.22. The monoisotopic (exact) mass is 402 g/mol. The minimum absolute atomic E-state index is 0.524.